The number of carbonyl (C=O) groups is 1. The van der Waals surface area contributed by atoms with E-state index < -0.39 is 5.97 Å². The molecule has 0 amide bonds. The number of carboxylic acid groups (broad SMARTS) is 1. The van der Waals surface area contributed by atoms with Crippen molar-refractivity contribution < 1.29 is 14.6 Å². The van der Waals surface area contributed by atoms with Crippen LogP contribution in [0.2, 0.25) is 0 Å². The number of nitrogens with zero attached hydrogens (tertiary/aromatic N) is 1. The van der Waals surface area contributed by atoms with Crippen LogP contribution in [0.4, 0.5) is 0 Å². The summed E-state index contributed by atoms with van der Waals surface area (Å²) in [4.78, 5) is 10.6. The van der Waals surface area contributed by atoms with Crippen molar-refractivity contribution in [3.63, 3.8) is 0 Å². The number of ether oxygens (including phenoxy) is 1. The van der Waals surface area contributed by atoms with Crippen LogP contribution in [0.25, 0.3) is 0 Å². The fourth-order valence-electron chi connectivity index (χ4n) is 1.35. The monoisotopic (exact) mass is 194 g/mol. The maximum absolute atomic E-state index is 11.0. The van der Waals surface area contributed by atoms with Gasteiger partial charge in [0.25, 0.3) is 0 Å². The van der Waals surface area contributed by atoms with E-state index in [1.807, 2.05) is 0 Å². The van der Waals surface area contributed by atoms with E-state index in [1.165, 1.54) is 12.1 Å². The highest BCUT2D eigenvalue weighted by Gasteiger charge is 2.13. The summed E-state index contributed by atoms with van der Waals surface area (Å²) in [7, 11) is 0. The van der Waals surface area contributed by atoms with Crippen molar-refractivity contribution in [1.82, 2.24) is 5.06 Å². The van der Waals surface area contributed by atoms with Gasteiger partial charge in [0.15, 0.2) is 0 Å². The van der Waals surface area contributed by atoms with Gasteiger partial charge in [-0.3, -0.25) is 0 Å². The van der Waals surface area contributed by atoms with E-state index in [0.717, 1.165) is 5.06 Å². The number of aromatic carboxylic acids is 1. The van der Waals surface area contributed by atoms with Crippen molar-refractivity contribution in [2.45, 2.75) is 6.54 Å². The van der Waals surface area contributed by atoms with E-state index in [-0.39, 0.29) is 18.8 Å². The van der Waals surface area contributed by atoms with Crippen LogP contribution >= 0.6 is 0 Å². The Balaban J connectivity index is 2.37. The number of hydroxylamine groups is 2. The van der Waals surface area contributed by atoms with Gasteiger partial charge in [-0.05, 0) is 18.2 Å². The lowest BCUT2D eigenvalue weighted by Gasteiger charge is -2.33. The van der Waals surface area contributed by atoms with Gasteiger partial charge in [-0.2, -0.15) is 0 Å². The second-order valence-corrected chi connectivity index (χ2v) is 3.04. The molecule has 0 atom stereocenters. The topological polar surface area (TPSA) is 72.8 Å². The van der Waals surface area contributed by atoms with Crippen molar-refractivity contribution in [2.75, 3.05) is 6.73 Å². The van der Waals surface area contributed by atoms with Gasteiger partial charge in [-0.25, -0.2) is 4.79 Å². The lowest BCUT2D eigenvalue weighted by molar-refractivity contribution is 0.0696. The standard InChI is InChI=1S/C9H8NO4/c11-9(12)6-1-2-8-7(3-6)4-10(13)5-14-8/h1-3H,4-5H2,(H,11,12)/q-1. The van der Waals surface area contributed by atoms with Gasteiger partial charge in [-0.1, -0.05) is 0 Å². The number of benzene rings is 1. The molecule has 74 valence electrons. The first-order valence-corrected chi connectivity index (χ1v) is 4.08. The van der Waals surface area contributed by atoms with Crippen LogP contribution in [0.1, 0.15) is 15.9 Å². The van der Waals surface area contributed by atoms with Crippen molar-refractivity contribution >= 4 is 5.97 Å². The predicted octanol–water partition coefficient (Wildman–Crippen LogP) is 1.03. The molecule has 0 aromatic heterocycles. The lowest BCUT2D eigenvalue weighted by Crippen LogP contribution is -2.26. The molecule has 0 aliphatic carbocycles. The van der Waals surface area contributed by atoms with Gasteiger partial charge < -0.3 is 20.1 Å². The summed E-state index contributed by atoms with van der Waals surface area (Å²) in [6.07, 6.45) is 0. The second-order valence-electron chi connectivity index (χ2n) is 3.04. The number of carboxylic acids is 1. The zero-order valence-electron chi connectivity index (χ0n) is 7.27. The predicted molar refractivity (Wildman–Crippen MR) is 47.8 cm³/mol. The van der Waals surface area contributed by atoms with Crippen molar-refractivity contribution in [3.8, 4) is 5.75 Å². The van der Waals surface area contributed by atoms with Crippen LogP contribution in [0, 0.1) is 5.21 Å². The fraction of sp³-hybridized carbons (Fsp3) is 0.222. The Hall–Kier alpha value is -1.59. The molecule has 0 unspecified atom stereocenters. The van der Waals surface area contributed by atoms with Gasteiger partial charge in [0.05, 0.1) is 5.56 Å². The van der Waals surface area contributed by atoms with Gasteiger partial charge in [0, 0.05) is 12.1 Å². The van der Waals surface area contributed by atoms with Gasteiger partial charge >= 0.3 is 5.97 Å². The van der Waals surface area contributed by atoms with Crippen LogP contribution in [-0.4, -0.2) is 22.9 Å². The first-order valence-electron chi connectivity index (χ1n) is 4.08. The van der Waals surface area contributed by atoms with Crippen molar-refractivity contribution in [2.24, 2.45) is 0 Å². The minimum absolute atomic E-state index is 0.000577. The summed E-state index contributed by atoms with van der Waals surface area (Å²) >= 11 is 0. The average Bonchev–Trinajstić information content (AvgIpc) is 2.16. The smallest absolute Gasteiger partial charge is 0.335 e. The Morgan fingerprint density at radius 3 is 3.07 bits per heavy atom. The van der Waals surface area contributed by atoms with E-state index in [1.54, 1.807) is 6.07 Å². The Kier molecular flexibility index (Phi) is 2.11. The molecule has 1 aromatic rings. The van der Waals surface area contributed by atoms with E-state index >= 15 is 0 Å². The highest BCUT2D eigenvalue weighted by Crippen LogP contribution is 2.25. The first kappa shape index (κ1) is 8.98. The fourth-order valence-corrected chi connectivity index (χ4v) is 1.35. The molecule has 5 heteroatoms. The van der Waals surface area contributed by atoms with E-state index in [2.05, 4.69) is 0 Å². The Labute approximate surface area is 80.1 Å². The molecule has 0 spiro atoms. The molecule has 1 N–H and O–H groups in total. The molecule has 5 nitrogen and oxygen atoms in total. The molecule has 14 heavy (non-hydrogen) atoms. The number of fused-ring (bicyclic) bond motifs is 1. The molecule has 0 bridgehead atoms. The van der Waals surface area contributed by atoms with Crippen LogP contribution in [0.15, 0.2) is 18.2 Å². The second kappa shape index (κ2) is 3.28. The molecule has 0 radical (unpaired) electrons. The summed E-state index contributed by atoms with van der Waals surface area (Å²) < 4.78 is 5.09. The molecule has 1 aromatic carbocycles. The molecular formula is C9H8NO4-. The lowest BCUT2D eigenvalue weighted by atomic mass is 10.1. The summed E-state index contributed by atoms with van der Waals surface area (Å²) in [5.74, 6) is -0.419. The molecule has 0 saturated carbocycles. The molecule has 1 aliphatic heterocycles. The van der Waals surface area contributed by atoms with Gasteiger partial charge in [0.1, 0.15) is 12.5 Å². The van der Waals surface area contributed by atoms with Crippen LogP contribution < -0.4 is 4.74 Å². The van der Waals surface area contributed by atoms with Crippen molar-refractivity contribution in [3.05, 3.63) is 34.5 Å². The van der Waals surface area contributed by atoms with Crippen LogP contribution in [0.3, 0.4) is 0 Å². The third-order valence-electron chi connectivity index (χ3n) is 2.02. The Morgan fingerprint density at radius 1 is 1.57 bits per heavy atom. The molecule has 1 heterocycles. The zero-order valence-corrected chi connectivity index (χ0v) is 7.27. The molecule has 0 saturated heterocycles. The molecule has 2 rings (SSSR count). The first-order chi connectivity index (χ1) is 6.66. The van der Waals surface area contributed by atoms with E-state index in [0.29, 0.717) is 11.3 Å². The summed E-state index contributed by atoms with van der Waals surface area (Å²) in [5.41, 5.74) is 0.786. The Morgan fingerprint density at radius 2 is 2.36 bits per heavy atom. The highest BCUT2D eigenvalue weighted by atomic mass is 16.6. The summed E-state index contributed by atoms with van der Waals surface area (Å²) in [6.45, 7) is 0.176. The maximum atomic E-state index is 11.0. The molecular weight excluding hydrogens is 186 g/mol. The number of hydrogen-bond donors (Lipinski definition) is 1. The highest BCUT2D eigenvalue weighted by molar-refractivity contribution is 5.88. The minimum atomic E-state index is -1.00. The minimum Gasteiger partial charge on any atom is -0.783 e. The summed E-state index contributed by atoms with van der Waals surface area (Å²) in [6, 6.07) is 4.50. The number of hydrogen-bond acceptors (Lipinski definition) is 4. The normalized spacial score (nSPS) is 15.8. The van der Waals surface area contributed by atoms with Crippen LogP contribution in [-0.2, 0) is 6.54 Å². The third kappa shape index (κ3) is 1.55. The van der Waals surface area contributed by atoms with Crippen molar-refractivity contribution in [1.29, 1.82) is 0 Å². The van der Waals surface area contributed by atoms with E-state index in [9.17, 15) is 10.0 Å². The quantitative estimate of drug-likeness (QED) is 0.722. The molecule has 1 aliphatic rings. The Bertz CT molecular complexity index is 377. The largest absolute Gasteiger partial charge is 0.783 e. The average molecular weight is 194 g/mol. The van der Waals surface area contributed by atoms with E-state index in [4.69, 9.17) is 9.84 Å². The van der Waals surface area contributed by atoms with Gasteiger partial charge in [0.2, 0.25) is 0 Å². The third-order valence-corrected chi connectivity index (χ3v) is 2.02. The maximum Gasteiger partial charge on any atom is 0.335 e. The SMILES string of the molecule is O=C(O)c1ccc2c(c1)CN([O-])CO2. The van der Waals surface area contributed by atoms with Crippen LogP contribution in [0.5, 0.6) is 5.75 Å². The zero-order chi connectivity index (χ0) is 10.1. The molecule has 0 fully saturated rings. The summed E-state index contributed by atoms with van der Waals surface area (Å²) in [5, 5.41) is 20.4. The number of rotatable bonds is 1. The van der Waals surface area contributed by atoms with Gasteiger partial charge in [-0.15, -0.1) is 0 Å².